The van der Waals surface area contributed by atoms with Gasteiger partial charge in [0.2, 0.25) is 0 Å². The minimum atomic E-state index is -1.22. The third-order valence-electron chi connectivity index (χ3n) is 5.20. The Morgan fingerprint density at radius 3 is 0.700 bits per heavy atom. The van der Waals surface area contributed by atoms with Gasteiger partial charge in [-0.25, -0.2) is 0 Å². The van der Waals surface area contributed by atoms with Crippen LogP contribution < -0.4 is 21.9 Å². The third-order valence-corrected chi connectivity index (χ3v) is 5.20. The van der Waals surface area contributed by atoms with E-state index in [0.29, 0.717) is 0 Å². The van der Waals surface area contributed by atoms with Gasteiger partial charge in [0.05, 0.1) is 0 Å². The van der Waals surface area contributed by atoms with E-state index < -0.39 is 19.7 Å². The first kappa shape index (κ1) is 22.2. The molecule has 0 nitrogen and oxygen atoms in total. The van der Waals surface area contributed by atoms with Gasteiger partial charge in [0.15, 0.2) is 0 Å². The first-order valence-electron chi connectivity index (χ1n) is 10.6. The molecule has 0 aliphatic heterocycles. The maximum atomic E-state index is 2.36. The molecule has 0 bridgehead atoms. The first-order valence-corrected chi connectivity index (χ1v) is 18.1. The summed E-state index contributed by atoms with van der Waals surface area (Å²) in [5, 5.41) is 0. The molecule has 0 saturated heterocycles. The Bertz CT molecular complexity index is 838. The van der Waals surface area contributed by atoms with Crippen LogP contribution in [0.3, 0.4) is 0 Å². The van der Waals surface area contributed by atoms with E-state index in [0.717, 1.165) is 0 Å². The molecular formula is C28H32AsB. The van der Waals surface area contributed by atoms with E-state index in [2.05, 4.69) is 144 Å². The molecule has 152 valence electrons. The maximum absolute atomic E-state index is 2.36. The quantitative estimate of drug-likeness (QED) is 0.380. The summed E-state index contributed by atoms with van der Waals surface area (Å²) in [6, 6.07) is 43.5. The van der Waals surface area contributed by atoms with E-state index in [1.165, 1.54) is 21.9 Å². The predicted octanol–water partition coefficient (Wildman–Crippen LogP) is 5.02. The fourth-order valence-electron chi connectivity index (χ4n) is 4.12. The average Bonchev–Trinajstić information content (AvgIpc) is 2.76. The molecule has 0 aliphatic rings. The second-order valence-electron chi connectivity index (χ2n) is 9.19. The number of hydrogen-bond donors (Lipinski definition) is 0. The molecule has 0 radical (unpaired) electrons. The monoisotopic (exact) mass is 454 g/mol. The van der Waals surface area contributed by atoms with Gasteiger partial charge in [0, 0.05) is 0 Å². The molecule has 0 atom stereocenters. The van der Waals surface area contributed by atoms with E-state index >= 15 is 0 Å². The van der Waals surface area contributed by atoms with Crippen LogP contribution >= 0.6 is 0 Å². The average molecular weight is 454 g/mol. The predicted molar refractivity (Wildman–Crippen MR) is 139 cm³/mol. The third kappa shape index (κ3) is 5.35. The summed E-state index contributed by atoms with van der Waals surface area (Å²) in [5.41, 5.74) is 14.8. The summed E-state index contributed by atoms with van der Waals surface area (Å²) in [5.74, 6) is 0. The van der Waals surface area contributed by atoms with E-state index in [-0.39, 0.29) is 0 Å². The molecule has 0 aromatic heterocycles. The molecule has 0 unspecified atom stereocenters. The zero-order chi connectivity index (χ0) is 21.5. The molecule has 0 heterocycles. The summed E-state index contributed by atoms with van der Waals surface area (Å²) in [7, 11) is 0. The molecular weight excluding hydrogens is 422 g/mol. The van der Waals surface area contributed by atoms with Crippen molar-refractivity contribution in [3.05, 3.63) is 121 Å². The van der Waals surface area contributed by atoms with Crippen LogP contribution in [0.2, 0.25) is 22.8 Å². The molecule has 4 aromatic carbocycles. The minimum absolute atomic E-state index is 0.875. The first-order chi connectivity index (χ1) is 14.4. The van der Waals surface area contributed by atoms with Crippen molar-refractivity contribution in [2.45, 2.75) is 22.8 Å². The van der Waals surface area contributed by atoms with Gasteiger partial charge in [-0.05, 0) is 0 Å². The Kier molecular flexibility index (Phi) is 7.40. The summed E-state index contributed by atoms with van der Waals surface area (Å²) in [6.07, 6.45) is -1.22. The van der Waals surface area contributed by atoms with Crippen LogP contribution in [0.4, 0.5) is 0 Å². The normalized spacial score (nSPS) is 11.3. The van der Waals surface area contributed by atoms with Gasteiger partial charge in [-0.1, -0.05) is 121 Å². The Morgan fingerprint density at radius 2 is 0.533 bits per heavy atom. The fourth-order valence-corrected chi connectivity index (χ4v) is 4.12. The molecule has 30 heavy (non-hydrogen) atoms. The second-order valence-corrected chi connectivity index (χ2v) is 20.5. The van der Waals surface area contributed by atoms with Gasteiger partial charge < -0.3 is 0 Å². The molecule has 0 N–H and O–H groups in total. The van der Waals surface area contributed by atoms with Gasteiger partial charge in [-0.15, -0.1) is 0 Å². The van der Waals surface area contributed by atoms with Crippen LogP contribution in [0.25, 0.3) is 0 Å². The van der Waals surface area contributed by atoms with Crippen molar-refractivity contribution in [3.8, 4) is 0 Å². The summed E-state index contributed by atoms with van der Waals surface area (Å²) >= 11 is -0.875. The van der Waals surface area contributed by atoms with Gasteiger partial charge in [-0.3, -0.25) is 0 Å². The van der Waals surface area contributed by atoms with Crippen LogP contribution in [-0.2, 0) is 0 Å². The van der Waals surface area contributed by atoms with Crippen molar-refractivity contribution in [2.75, 3.05) is 0 Å². The maximum Gasteiger partial charge on any atom is 0.108 e. The van der Waals surface area contributed by atoms with Crippen molar-refractivity contribution >= 4 is 41.5 Å². The van der Waals surface area contributed by atoms with Crippen LogP contribution in [0.1, 0.15) is 0 Å². The van der Waals surface area contributed by atoms with Crippen LogP contribution in [0.5, 0.6) is 0 Å². The van der Waals surface area contributed by atoms with Gasteiger partial charge in [-0.2, -0.15) is 21.9 Å². The number of hydrogen-bond acceptors (Lipinski definition) is 0. The minimum Gasteiger partial charge on any atom is -0.195 e. The van der Waals surface area contributed by atoms with Crippen molar-refractivity contribution < 1.29 is 0 Å². The van der Waals surface area contributed by atoms with E-state index in [4.69, 9.17) is 0 Å². The van der Waals surface area contributed by atoms with Crippen molar-refractivity contribution in [2.24, 2.45) is 0 Å². The zero-order valence-corrected chi connectivity index (χ0v) is 20.4. The van der Waals surface area contributed by atoms with Crippen LogP contribution in [0, 0.1) is 0 Å². The SMILES string of the molecule is C[As+](C)(C)C.c1ccc([B-](c2ccccc2)(c2ccccc2)c2ccccc2)cc1. The topological polar surface area (TPSA) is 0 Å². The molecule has 4 rings (SSSR count). The van der Waals surface area contributed by atoms with Crippen molar-refractivity contribution in [3.63, 3.8) is 0 Å². The van der Waals surface area contributed by atoms with Gasteiger partial charge in [0.25, 0.3) is 0 Å². The van der Waals surface area contributed by atoms with E-state index in [1.807, 2.05) is 0 Å². The Balaban J connectivity index is 0.000000461. The molecule has 0 amide bonds. The zero-order valence-electron chi connectivity index (χ0n) is 18.6. The summed E-state index contributed by atoms with van der Waals surface area (Å²) in [4.78, 5) is 0. The van der Waals surface area contributed by atoms with E-state index in [9.17, 15) is 0 Å². The van der Waals surface area contributed by atoms with Gasteiger partial charge in [0.1, 0.15) is 6.15 Å². The molecule has 0 saturated carbocycles. The molecule has 0 fully saturated rings. The largest absolute Gasteiger partial charge is 0.195 e. The summed E-state index contributed by atoms with van der Waals surface area (Å²) in [6.45, 7) is 0. The summed E-state index contributed by atoms with van der Waals surface area (Å²) < 4.78 is 0. The fraction of sp³-hybridized carbons (Fsp3) is 0.143. The molecule has 0 aliphatic carbocycles. The second kappa shape index (κ2) is 10.0. The Morgan fingerprint density at radius 1 is 0.367 bits per heavy atom. The smallest absolute Gasteiger partial charge is 0.108 e. The Hall–Kier alpha value is -2.50. The molecule has 2 heteroatoms. The number of rotatable bonds is 4. The molecule has 0 spiro atoms. The Labute approximate surface area is 185 Å². The number of benzene rings is 4. The van der Waals surface area contributed by atoms with Crippen LogP contribution in [-0.4, -0.2) is 19.7 Å². The van der Waals surface area contributed by atoms with E-state index in [1.54, 1.807) is 0 Å². The van der Waals surface area contributed by atoms with Gasteiger partial charge >= 0.3 is 36.4 Å². The standard InChI is InChI=1S/C24H20B.C4H12As/c1-5-13-21(14-6-1)25(22-15-7-2-8-16-22,23-17-9-3-10-18-23)24-19-11-4-12-20-24;1-5(2,3)4/h1-20H;1-4H3/q-1;+1. The van der Waals surface area contributed by atoms with Crippen LogP contribution in [0.15, 0.2) is 121 Å². The van der Waals surface area contributed by atoms with Crippen molar-refractivity contribution in [1.82, 2.24) is 0 Å². The van der Waals surface area contributed by atoms with Crippen molar-refractivity contribution in [1.29, 1.82) is 0 Å². The molecule has 4 aromatic rings.